The first-order valence-corrected chi connectivity index (χ1v) is 11.5. The van der Waals surface area contributed by atoms with Crippen molar-refractivity contribution >= 4 is 27.9 Å². The highest BCUT2D eigenvalue weighted by Gasteiger charge is 2.73. The molecule has 2 aromatic heterocycles. The Kier molecular flexibility index (Phi) is 4.36. The van der Waals surface area contributed by atoms with Crippen LogP contribution in [-0.2, 0) is 6.54 Å². The number of para-hydroxylation sites is 3. The molecular formula is C26H25N5O2. The van der Waals surface area contributed by atoms with Crippen molar-refractivity contribution in [3.05, 3.63) is 65.7 Å². The van der Waals surface area contributed by atoms with Gasteiger partial charge in [0.1, 0.15) is 23.0 Å². The quantitative estimate of drug-likeness (QED) is 0.461. The standard InChI is InChI=1S/C26H25N5O2/c1-2-31(24(32)23-29-19-9-4-5-10-20(19)30-23)26-13-7-12-25(26,16-26)28-15-22-18(14-27)17-8-3-6-11-21(17)33-22/h3-6,8-11,28H,2,7,12-13,15-16H2,1H3,(H,29,30)/t25?,26-/m0/s1. The predicted molar refractivity (Wildman–Crippen MR) is 125 cm³/mol. The maximum Gasteiger partial charge on any atom is 0.290 e. The van der Waals surface area contributed by atoms with E-state index >= 15 is 0 Å². The van der Waals surface area contributed by atoms with Gasteiger partial charge in [-0.2, -0.15) is 5.26 Å². The minimum atomic E-state index is -0.226. The molecule has 2 saturated carbocycles. The summed E-state index contributed by atoms with van der Waals surface area (Å²) in [4.78, 5) is 23.3. The number of carbonyl (C=O) groups excluding carboxylic acids is 1. The van der Waals surface area contributed by atoms with Crippen molar-refractivity contribution in [3.8, 4) is 6.07 Å². The lowest BCUT2D eigenvalue weighted by atomic mass is 10.1. The first-order valence-electron chi connectivity index (χ1n) is 11.5. The van der Waals surface area contributed by atoms with Crippen LogP contribution in [-0.4, -0.2) is 38.4 Å². The average molecular weight is 440 g/mol. The summed E-state index contributed by atoms with van der Waals surface area (Å²) >= 11 is 0. The molecule has 2 fully saturated rings. The van der Waals surface area contributed by atoms with E-state index in [1.807, 2.05) is 60.4 Å². The molecule has 33 heavy (non-hydrogen) atoms. The zero-order chi connectivity index (χ0) is 22.6. The van der Waals surface area contributed by atoms with Gasteiger partial charge in [0.2, 0.25) is 0 Å². The van der Waals surface area contributed by atoms with Crippen LogP contribution < -0.4 is 5.32 Å². The first-order chi connectivity index (χ1) is 16.1. The molecule has 0 radical (unpaired) electrons. The second kappa shape index (κ2) is 7.19. The van der Waals surface area contributed by atoms with Crippen molar-refractivity contribution in [2.75, 3.05) is 6.54 Å². The molecule has 0 bridgehead atoms. The number of likely N-dealkylation sites (N-methyl/N-ethyl adjacent to an activating group) is 1. The molecule has 6 rings (SSSR count). The van der Waals surface area contributed by atoms with Crippen LogP contribution in [0.1, 0.15) is 54.5 Å². The van der Waals surface area contributed by atoms with Crippen molar-refractivity contribution < 1.29 is 9.21 Å². The number of amides is 1. The van der Waals surface area contributed by atoms with Crippen LogP contribution in [0, 0.1) is 11.3 Å². The molecule has 0 aliphatic heterocycles. The fourth-order valence-corrected chi connectivity index (χ4v) is 6.01. The molecule has 0 spiro atoms. The monoisotopic (exact) mass is 439 g/mol. The molecule has 2 aromatic carbocycles. The van der Waals surface area contributed by atoms with Crippen LogP contribution in [0.4, 0.5) is 0 Å². The van der Waals surface area contributed by atoms with E-state index in [4.69, 9.17) is 4.42 Å². The van der Waals surface area contributed by atoms with E-state index in [9.17, 15) is 10.1 Å². The Balaban J connectivity index is 1.27. The van der Waals surface area contributed by atoms with E-state index in [0.29, 0.717) is 30.2 Å². The molecule has 1 amide bonds. The summed E-state index contributed by atoms with van der Waals surface area (Å²) in [6.07, 6.45) is 3.92. The lowest BCUT2D eigenvalue weighted by Gasteiger charge is -2.32. The number of imidazole rings is 1. The average Bonchev–Trinajstić information content (AvgIpc) is 3.20. The summed E-state index contributed by atoms with van der Waals surface area (Å²) in [5.41, 5.74) is 2.61. The van der Waals surface area contributed by atoms with E-state index in [2.05, 4.69) is 21.4 Å². The summed E-state index contributed by atoms with van der Waals surface area (Å²) < 4.78 is 6.00. The highest BCUT2D eigenvalue weighted by molar-refractivity contribution is 5.95. The number of aromatic nitrogens is 2. The lowest BCUT2D eigenvalue weighted by molar-refractivity contribution is 0.0624. The van der Waals surface area contributed by atoms with Crippen LogP contribution in [0.25, 0.3) is 22.0 Å². The van der Waals surface area contributed by atoms with Gasteiger partial charge in [0.05, 0.1) is 23.1 Å². The Hall–Kier alpha value is -3.63. The molecule has 4 aromatic rings. The van der Waals surface area contributed by atoms with Gasteiger partial charge in [-0.3, -0.25) is 4.79 Å². The van der Waals surface area contributed by atoms with Crippen LogP contribution in [0.2, 0.25) is 0 Å². The Bertz CT molecular complexity index is 1400. The first kappa shape index (κ1) is 20.0. The van der Waals surface area contributed by atoms with E-state index in [-0.39, 0.29) is 17.0 Å². The second-order valence-corrected chi connectivity index (χ2v) is 9.16. The third-order valence-corrected chi connectivity index (χ3v) is 7.59. The molecular weight excluding hydrogens is 414 g/mol. The Labute approximate surface area is 191 Å². The number of furan rings is 1. The van der Waals surface area contributed by atoms with Gasteiger partial charge in [-0.25, -0.2) is 4.98 Å². The Morgan fingerprint density at radius 1 is 1.24 bits per heavy atom. The van der Waals surface area contributed by atoms with Crippen LogP contribution in [0.15, 0.2) is 52.9 Å². The highest BCUT2D eigenvalue weighted by Crippen LogP contribution is 2.63. The van der Waals surface area contributed by atoms with E-state index < -0.39 is 0 Å². The number of nitriles is 1. The summed E-state index contributed by atoms with van der Waals surface area (Å²) in [6, 6.07) is 17.6. The number of benzene rings is 2. The summed E-state index contributed by atoms with van der Waals surface area (Å²) in [5, 5.41) is 14.3. The number of hydrogen-bond acceptors (Lipinski definition) is 5. The number of aromatic amines is 1. The Morgan fingerprint density at radius 3 is 2.88 bits per heavy atom. The summed E-state index contributed by atoms with van der Waals surface area (Å²) in [7, 11) is 0. The molecule has 7 nitrogen and oxygen atoms in total. The van der Waals surface area contributed by atoms with Gasteiger partial charge in [0.25, 0.3) is 5.91 Å². The molecule has 7 heteroatoms. The number of hydrogen-bond donors (Lipinski definition) is 2. The number of nitrogens with one attached hydrogen (secondary N) is 2. The molecule has 2 atom stereocenters. The minimum Gasteiger partial charge on any atom is -0.458 e. The number of carbonyl (C=O) groups is 1. The smallest absolute Gasteiger partial charge is 0.290 e. The number of rotatable bonds is 6. The molecule has 2 aliphatic carbocycles. The normalized spacial score (nSPS) is 23.5. The largest absolute Gasteiger partial charge is 0.458 e. The highest BCUT2D eigenvalue weighted by atomic mass is 16.3. The molecule has 2 N–H and O–H groups in total. The molecule has 0 saturated heterocycles. The molecule has 166 valence electrons. The van der Waals surface area contributed by atoms with E-state index in [0.717, 1.165) is 47.7 Å². The predicted octanol–water partition coefficient (Wildman–Crippen LogP) is 4.50. The van der Waals surface area contributed by atoms with Gasteiger partial charge in [-0.05, 0) is 56.9 Å². The summed E-state index contributed by atoms with van der Waals surface area (Å²) in [5.74, 6) is 0.998. The van der Waals surface area contributed by atoms with Gasteiger partial charge in [-0.1, -0.05) is 24.3 Å². The topological polar surface area (TPSA) is 97.9 Å². The maximum atomic E-state index is 13.5. The lowest BCUT2D eigenvalue weighted by Crippen LogP contribution is -2.49. The van der Waals surface area contributed by atoms with Gasteiger partial charge >= 0.3 is 0 Å². The van der Waals surface area contributed by atoms with Gasteiger partial charge in [0, 0.05) is 17.5 Å². The SMILES string of the molecule is CCN(C(=O)c1nc2ccccc2[nH]1)[C@]12CCCC1(NCc1oc3ccccc3c1C#N)C2. The van der Waals surface area contributed by atoms with Crippen molar-refractivity contribution in [2.45, 2.75) is 50.2 Å². The fourth-order valence-electron chi connectivity index (χ4n) is 6.01. The van der Waals surface area contributed by atoms with Crippen molar-refractivity contribution in [1.82, 2.24) is 20.2 Å². The Morgan fingerprint density at radius 2 is 2.06 bits per heavy atom. The van der Waals surface area contributed by atoms with Crippen molar-refractivity contribution in [2.24, 2.45) is 0 Å². The number of fused-ring (bicyclic) bond motifs is 3. The van der Waals surface area contributed by atoms with Crippen molar-refractivity contribution in [3.63, 3.8) is 0 Å². The molecule has 2 heterocycles. The number of nitrogens with zero attached hydrogens (tertiary/aromatic N) is 3. The van der Waals surface area contributed by atoms with Crippen LogP contribution in [0.3, 0.4) is 0 Å². The van der Waals surface area contributed by atoms with Crippen LogP contribution in [0.5, 0.6) is 0 Å². The third kappa shape index (κ3) is 2.84. The summed E-state index contributed by atoms with van der Waals surface area (Å²) in [6.45, 7) is 3.12. The van der Waals surface area contributed by atoms with E-state index in [1.54, 1.807) is 0 Å². The fraction of sp³-hybridized carbons (Fsp3) is 0.346. The zero-order valence-electron chi connectivity index (χ0n) is 18.5. The van der Waals surface area contributed by atoms with Gasteiger partial charge in [0.15, 0.2) is 5.82 Å². The van der Waals surface area contributed by atoms with Gasteiger partial charge < -0.3 is 19.6 Å². The third-order valence-electron chi connectivity index (χ3n) is 7.59. The maximum absolute atomic E-state index is 13.5. The molecule has 1 unspecified atom stereocenters. The second-order valence-electron chi connectivity index (χ2n) is 9.16. The van der Waals surface area contributed by atoms with Crippen LogP contribution >= 0.6 is 0 Å². The van der Waals surface area contributed by atoms with Gasteiger partial charge in [-0.15, -0.1) is 0 Å². The number of H-pyrrole nitrogens is 1. The zero-order valence-corrected chi connectivity index (χ0v) is 18.5. The minimum absolute atomic E-state index is 0.0549. The van der Waals surface area contributed by atoms with Crippen molar-refractivity contribution in [1.29, 1.82) is 5.26 Å². The molecule has 2 aliphatic rings. The van der Waals surface area contributed by atoms with E-state index in [1.165, 1.54) is 0 Å².